The Bertz CT molecular complexity index is 1420. The first-order chi connectivity index (χ1) is 16.3. The molecule has 0 amide bonds. The zero-order chi connectivity index (χ0) is 23.9. The number of sulfonamides is 1. The fraction of sp³-hybridized carbons (Fsp3) is 0.320. The van der Waals surface area contributed by atoms with Crippen molar-refractivity contribution in [2.24, 2.45) is 0 Å². The lowest BCUT2D eigenvalue weighted by Crippen LogP contribution is -2.48. The highest BCUT2D eigenvalue weighted by Crippen LogP contribution is 2.30. The normalized spacial score (nSPS) is 15.2. The Morgan fingerprint density at radius 2 is 1.56 bits per heavy atom. The van der Waals surface area contributed by atoms with Crippen molar-refractivity contribution >= 4 is 26.9 Å². The van der Waals surface area contributed by atoms with E-state index in [0.717, 1.165) is 33.8 Å². The van der Waals surface area contributed by atoms with E-state index in [1.807, 2.05) is 41.9 Å². The minimum Gasteiger partial charge on any atom is -0.353 e. The third-order valence-corrected chi connectivity index (χ3v) is 7.52. The monoisotopic (exact) mass is 476 g/mol. The Kier molecular flexibility index (Phi) is 5.83. The molecule has 0 bridgehead atoms. The topological polar surface area (TPSA) is 84.2 Å². The molecule has 8 nitrogen and oxygen atoms in total. The van der Waals surface area contributed by atoms with Crippen molar-refractivity contribution in [1.29, 1.82) is 0 Å². The molecule has 1 saturated heterocycles. The number of fused-ring (bicyclic) bond motifs is 1. The molecule has 0 N–H and O–H groups in total. The predicted molar refractivity (Wildman–Crippen MR) is 134 cm³/mol. The summed E-state index contributed by atoms with van der Waals surface area (Å²) in [5.74, 6) is 1.54. The van der Waals surface area contributed by atoms with Crippen LogP contribution in [0.4, 0.5) is 5.82 Å². The van der Waals surface area contributed by atoms with Gasteiger partial charge in [0.05, 0.1) is 23.0 Å². The maximum atomic E-state index is 12.0. The van der Waals surface area contributed by atoms with Crippen LogP contribution in [0.25, 0.3) is 16.7 Å². The molecule has 9 heteroatoms. The van der Waals surface area contributed by atoms with Crippen LogP contribution in [0.5, 0.6) is 0 Å². The van der Waals surface area contributed by atoms with E-state index < -0.39 is 10.0 Å². The number of rotatable bonds is 5. The van der Waals surface area contributed by atoms with Gasteiger partial charge in [0, 0.05) is 32.6 Å². The van der Waals surface area contributed by atoms with Gasteiger partial charge in [-0.3, -0.25) is 0 Å². The fourth-order valence-corrected chi connectivity index (χ4v) is 5.21. The summed E-state index contributed by atoms with van der Waals surface area (Å²) in [6, 6.07) is 18.4. The lowest BCUT2D eigenvalue weighted by Gasteiger charge is -2.34. The van der Waals surface area contributed by atoms with Crippen LogP contribution in [0.15, 0.2) is 54.6 Å². The number of para-hydroxylation sites is 1. The fourth-order valence-electron chi connectivity index (χ4n) is 4.38. The van der Waals surface area contributed by atoms with Crippen LogP contribution < -0.4 is 4.90 Å². The molecule has 0 atom stereocenters. The SMILES string of the molecule is Cc1ccc(Cc2nc(N3CCN(S(C)(=O)=O)CC3)c3c(C)nn(-c4ccccc4)c3n2)cc1. The molecule has 2 aromatic heterocycles. The smallest absolute Gasteiger partial charge is 0.211 e. The lowest BCUT2D eigenvalue weighted by atomic mass is 10.1. The number of anilines is 1. The first kappa shape index (κ1) is 22.5. The van der Waals surface area contributed by atoms with Gasteiger partial charge in [0.15, 0.2) is 5.65 Å². The molecule has 3 heterocycles. The molecule has 5 rings (SSSR count). The highest BCUT2D eigenvalue weighted by molar-refractivity contribution is 7.88. The van der Waals surface area contributed by atoms with Crippen LogP contribution in [0.1, 0.15) is 22.6 Å². The molecule has 176 valence electrons. The first-order valence-corrected chi connectivity index (χ1v) is 13.2. The number of hydrogen-bond donors (Lipinski definition) is 0. The van der Waals surface area contributed by atoms with Crippen molar-refractivity contribution in [2.45, 2.75) is 20.3 Å². The standard InChI is InChI=1S/C25H28N6O2S/c1-18-9-11-20(12-10-18)17-22-26-24(29-13-15-30(16-14-29)34(3,32)33)23-19(2)28-31(25(23)27-22)21-7-5-4-6-8-21/h4-12H,13-17H2,1-3H3. The Morgan fingerprint density at radius 1 is 0.882 bits per heavy atom. The van der Waals surface area contributed by atoms with E-state index in [-0.39, 0.29) is 0 Å². The van der Waals surface area contributed by atoms with E-state index in [4.69, 9.17) is 15.1 Å². The average molecular weight is 477 g/mol. The first-order valence-electron chi connectivity index (χ1n) is 11.4. The Hall–Kier alpha value is -3.30. The van der Waals surface area contributed by atoms with Gasteiger partial charge in [0.25, 0.3) is 0 Å². The van der Waals surface area contributed by atoms with E-state index in [1.165, 1.54) is 16.1 Å². The largest absolute Gasteiger partial charge is 0.353 e. The van der Waals surface area contributed by atoms with Gasteiger partial charge < -0.3 is 4.90 Å². The number of piperazine rings is 1. The molecular weight excluding hydrogens is 448 g/mol. The Balaban J connectivity index is 1.61. The molecule has 0 aliphatic carbocycles. The molecule has 0 radical (unpaired) electrons. The Morgan fingerprint density at radius 3 is 2.21 bits per heavy atom. The van der Waals surface area contributed by atoms with Crippen molar-refractivity contribution < 1.29 is 8.42 Å². The van der Waals surface area contributed by atoms with Crippen LogP contribution in [-0.4, -0.2) is 64.9 Å². The van der Waals surface area contributed by atoms with E-state index in [2.05, 4.69) is 36.1 Å². The number of benzene rings is 2. The van der Waals surface area contributed by atoms with Crippen LogP contribution in [0, 0.1) is 13.8 Å². The molecule has 34 heavy (non-hydrogen) atoms. The van der Waals surface area contributed by atoms with Gasteiger partial charge in [-0.1, -0.05) is 48.0 Å². The maximum absolute atomic E-state index is 12.0. The van der Waals surface area contributed by atoms with Crippen molar-refractivity contribution in [2.75, 3.05) is 37.3 Å². The number of aromatic nitrogens is 4. The van der Waals surface area contributed by atoms with Gasteiger partial charge in [-0.2, -0.15) is 9.40 Å². The van der Waals surface area contributed by atoms with Gasteiger partial charge in [-0.25, -0.2) is 23.1 Å². The molecule has 4 aromatic rings. The van der Waals surface area contributed by atoms with Crippen LogP contribution in [0.3, 0.4) is 0 Å². The highest BCUT2D eigenvalue weighted by atomic mass is 32.2. The second-order valence-electron chi connectivity index (χ2n) is 8.81. The minimum atomic E-state index is -3.21. The van der Waals surface area contributed by atoms with Gasteiger partial charge in [0.1, 0.15) is 11.6 Å². The summed E-state index contributed by atoms with van der Waals surface area (Å²) in [5, 5.41) is 5.72. The number of aryl methyl sites for hydroxylation is 2. The second-order valence-corrected chi connectivity index (χ2v) is 10.8. The predicted octanol–water partition coefficient (Wildman–Crippen LogP) is 3.10. The van der Waals surface area contributed by atoms with Crippen LogP contribution >= 0.6 is 0 Å². The summed E-state index contributed by atoms with van der Waals surface area (Å²) in [5.41, 5.74) is 4.90. The van der Waals surface area contributed by atoms with Crippen LogP contribution in [-0.2, 0) is 16.4 Å². The highest BCUT2D eigenvalue weighted by Gasteiger charge is 2.27. The summed E-state index contributed by atoms with van der Waals surface area (Å²) in [7, 11) is -3.21. The molecule has 2 aromatic carbocycles. The summed E-state index contributed by atoms with van der Waals surface area (Å²) in [6.07, 6.45) is 1.87. The van der Waals surface area contributed by atoms with E-state index >= 15 is 0 Å². The van der Waals surface area contributed by atoms with Crippen molar-refractivity contribution in [3.8, 4) is 5.69 Å². The van der Waals surface area contributed by atoms with E-state index in [0.29, 0.717) is 38.4 Å². The van der Waals surface area contributed by atoms with Crippen molar-refractivity contribution in [1.82, 2.24) is 24.1 Å². The third-order valence-electron chi connectivity index (χ3n) is 6.22. The molecule has 0 saturated carbocycles. The summed E-state index contributed by atoms with van der Waals surface area (Å²) < 4.78 is 27.4. The van der Waals surface area contributed by atoms with E-state index in [9.17, 15) is 8.42 Å². The molecule has 1 fully saturated rings. The Labute approximate surface area is 199 Å². The van der Waals surface area contributed by atoms with Gasteiger partial charge in [-0.05, 0) is 31.5 Å². The third kappa shape index (κ3) is 4.41. The molecule has 1 aliphatic heterocycles. The molecule has 1 aliphatic rings. The molecule has 0 unspecified atom stereocenters. The number of nitrogens with zero attached hydrogens (tertiary/aromatic N) is 6. The molecular formula is C25H28N6O2S. The summed E-state index contributed by atoms with van der Waals surface area (Å²) in [4.78, 5) is 12.1. The van der Waals surface area contributed by atoms with Gasteiger partial charge >= 0.3 is 0 Å². The molecule has 0 spiro atoms. The minimum absolute atomic E-state index is 0.434. The van der Waals surface area contributed by atoms with Crippen molar-refractivity contribution in [3.05, 3.63) is 77.2 Å². The van der Waals surface area contributed by atoms with E-state index in [1.54, 1.807) is 0 Å². The van der Waals surface area contributed by atoms with Gasteiger partial charge in [0.2, 0.25) is 10.0 Å². The van der Waals surface area contributed by atoms with Crippen molar-refractivity contribution in [3.63, 3.8) is 0 Å². The summed E-state index contributed by atoms with van der Waals surface area (Å²) in [6.45, 7) is 6.05. The average Bonchev–Trinajstić information content (AvgIpc) is 3.16. The zero-order valence-corrected chi connectivity index (χ0v) is 20.5. The second kappa shape index (κ2) is 8.81. The number of hydrogen-bond acceptors (Lipinski definition) is 6. The zero-order valence-electron chi connectivity index (χ0n) is 19.6. The van der Waals surface area contributed by atoms with Gasteiger partial charge in [-0.15, -0.1) is 0 Å². The summed E-state index contributed by atoms with van der Waals surface area (Å²) >= 11 is 0. The maximum Gasteiger partial charge on any atom is 0.211 e. The quantitative estimate of drug-likeness (QED) is 0.440. The van der Waals surface area contributed by atoms with Crippen LogP contribution in [0.2, 0.25) is 0 Å². The lowest BCUT2D eigenvalue weighted by molar-refractivity contribution is 0.387.